The van der Waals surface area contributed by atoms with Crippen molar-refractivity contribution in [3.05, 3.63) is 23.7 Å². The zero-order chi connectivity index (χ0) is 10.8. The van der Waals surface area contributed by atoms with Gasteiger partial charge in [-0.3, -0.25) is 0 Å². The molecule has 2 aromatic heterocycles. The maximum absolute atomic E-state index is 11.4. The van der Waals surface area contributed by atoms with Gasteiger partial charge >= 0.3 is 5.97 Å². The van der Waals surface area contributed by atoms with E-state index in [4.69, 9.17) is 4.74 Å². The van der Waals surface area contributed by atoms with Crippen LogP contribution in [0.25, 0.3) is 5.65 Å². The van der Waals surface area contributed by atoms with Gasteiger partial charge in [0.1, 0.15) is 0 Å². The molecule has 6 heteroatoms. The van der Waals surface area contributed by atoms with Crippen molar-refractivity contribution in [3.8, 4) is 0 Å². The lowest BCUT2D eigenvalue weighted by molar-refractivity contribution is 0.0517. The third-order valence-electron chi connectivity index (χ3n) is 1.90. The second kappa shape index (κ2) is 3.64. The lowest BCUT2D eigenvalue weighted by Crippen LogP contribution is -2.09. The monoisotopic (exact) mass is 206 g/mol. The van der Waals surface area contributed by atoms with E-state index in [1.807, 2.05) is 0 Å². The Labute approximate surface area is 85.9 Å². The van der Waals surface area contributed by atoms with Crippen LogP contribution in [-0.4, -0.2) is 32.4 Å². The summed E-state index contributed by atoms with van der Waals surface area (Å²) in [5.74, 6) is 0.198. The van der Waals surface area contributed by atoms with Gasteiger partial charge in [0.25, 0.3) is 0 Å². The first-order chi connectivity index (χ1) is 7.22. The Morgan fingerprint density at radius 1 is 1.47 bits per heavy atom. The molecule has 0 amide bonds. The van der Waals surface area contributed by atoms with Crippen molar-refractivity contribution in [2.24, 2.45) is 0 Å². The fourth-order valence-corrected chi connectivity index (χ4v) is 1.21. The van der Waals surface area contributed by atoms with Gasteiger partial charge in [0.15, 0.2) is 17.2 Å². The fraction of sp³-hybridized carbons (Fsp3) is 0.333. The van der Waals surface area contributed by atoms with Crippen LogP contribution < -0.4 is 0 Å². The summed E-state index contributed by atoms with van der Waals surface area (Å²) in [6, 6.07) is 3.25. The van der Waals surface area contributed by atoms with Crippen LogP contribution in [0.1, 0.15) is 23.2 Å². The largest absolute Gasteiger partial charge is 0.461 e. The Balaban J connectivity index is 2.45. The van der Waals surface area contributed by atoms with Crippen molar-refractivity contribution in [2.45, 2.75) is 13.8 Å². The summed E-state index contributed by atoms with van der Waals surface area (Å²) < 4.78 is 6.34. The second-order valence-electron chi connectivity index (χ2n) is 2.96. The van der Waals surface area contributed by atoms with Crippen molar-refractivity contribution in [1.29, 1.82) is 0 Å². The van der Waals surface area contributed by atoms with E-state index >= 15 is 0 Å². The van der Waals surface area contributed by atoms with Crippen LogP contribution >= 0.6 is 0 Å². The van der Waals surface area contributed by atoms with Gasteiger partial charge < -0.3 is 4.74 Å². The van der Waals surface area contributed by atoms with Gasteiger partial charge in [-0.2, -0.15) is 9.61 Å². The van der Waals surface area contributed by atoms with Crippen molar-refractivity contribution in [2.75, 3.05) is 6.61 Å². The number of hydrogen-bond donors (Lipinski definition) is 0. The number of ether oxygens (including phenoxy) is 1. The predicted octanol–water partition coefficient (Wildman–Crippen LogP) is 0.609. The van der Waals surface area contributed by atoms with Gasteiger partial charge in [0, 0.05) is 0 Å². The minimum Gasteiger partial charge on any atom is -0.461 e. The van der Waals surface area contributed by atoms with Gasteiger partial charge in [0.05, 0.1) is 6.61 Å². The van der Waals surface area contributed by atoms with Crippen LogP contribution in [0.4, 0.5) is 0 Å². The van der Waals surface area contributed by atoms with Gasteiger partial charge in [0.2, 0.25) is 0 Å². The lowest BCUT2D eigenvalue weighted by atomic mass is 10.4. The summed E-state index contributed by atoms with van der Waals surface area (Å²) in [6.07, 6.45) is 0. The summed E-state index contributed by atoms with van der Waals surface area (Å²) >= 11 is 0. The van der Waals surface area contributed by atoms with E-state index in [2.05, 4.69) is 15.3 Å². The van der Waals surface area contributed by atoms with E-state index < -0.39 is 5.97 Å². The standard InChI is InChI=1S/C9H10N4O2/c1-3-15-9(14)7-4-5-8-11-10-6(2)13(8)12-7/h4-5H,3H2,1-2H3. The van der Waals surface area contributed by atoms with Crippen LogP contribution in [0.5, 0.6) is 0 Å². The molecule has 0 saturated heterocycles. The molecule has 0 bridgehead atoms. The van der Waals surface area contributed by atoms with E-state index in [9.17, 15) is 4.79 Å². The number of carbonyl (C=O) groups is 1. The molecule has 6 nitrogen and oxygen atoms in total. The molecule has 0 aliphatic carbocycles. The summed E-state index contributed by atoms with van der Waals surface area (Å²) in [5, 5.41) is 11.8. The Kier molecular flexibility index (Phi) is 2.32. The average molecular weight is 206 g/mol. The first kappa shape index (κ1) is 9.57. The minimum atomic E-state index is -0.437. The summed E-state index contributed by atoms with van der Waals surface area (Å²) in [6.45, 7) is 3.85. The topological polar surface area (TPSA) is 69.4 Å². The SMILES string of the molecule is CCOC(=O)c1ccc2nnc(C)n2n1. The molecule has 0 saturated carbocycles. The number of hydrogen-bond acceptors (Lipinski definition) is 5. The number of aromatic nitrogens is 4. The molecule has 0 radical (unpaired) electrons. The molecule has 0 fully saturated rings. The van der Waals surface area contributed by atoms with Crippen LogP contribution in [0.3, 0.4) is 0 Å². The molecule has 15 heavy (non-hydrogen) atoms. The number of fused-ring (bicyclic) bond motifs is 1. The molecule has 78 valence electrons. The number of esters is 1. The van der Waals surface area contributed by atoms with E-state index in [-0.39, 0.29) is 5.69 Å². The average Bonchev–Trinajstić information content (AvgIpc) is 2.60. The van der Waals surface area contributed by atoms with Crippen LogP contribution in [0, 0.1) is 6.92 Å². The first-order valence-corrected chi connectivity index (χ1v) is 4.58. The molecule has 0 aliphatic heterocycles. The van der Waals surface area contributed by atoms with Gasteiger partial charge in [-0.25, -0.2) is 4.79 Å². The highest BCUT2D eigenvalue weighted by atomic mass is 16.5. The summed E-state index contributed by atoms with van der Waals surface area (Å²) in [5.41, 5.74) is 0.868. The summed E-state index contributed by atoms with van der Waals surface area (Å²) in [4.78, 5) is 11.4. The molecule has 2 aromatic rings. The van der Waals surface area contributed by atoms with Crippen molar-refractivity contribution in [1.82, 2.24) is 19.8 Å². The van der Waals surface area contributed by atoms with E-state index in [1.165, 1.54) is 4.52 Å². The molecule has 0 aliphatic rings. The smallest absolute Gasteiger partial charge is 0.358 e. The molecular weight excluding hydrogens is 196 g/mol. The van der Waals surface area contributed by atoms with Crippen LogP contribution in [-0.2, 0) is 4.74 Å². The zero-order valence-electron chi connectivity index (χ0n) is 8.47. The highest BCUT2D eigenvalue weighted by Crippen LogP contribution is 2.03. The quantitative estimate of drug-likeness (QED) is 0.673. The van der Waals surface area contributed by atoms with E-state index in [0.717, 1.165) is 0 Å². The van der Waals surface area contributed by atoms with Gasteiger partial charge in [-0.15, -0.1) is 10.2 Å². The molecular formula is C9H10N4O2. The molecule has 0 N–H and O–H groups in total. The highest BCUT2D eigenvalue weighted by molar-refractivity contribution is 5.87. The number of aryl methyl sites for hydroxylation is 1. The minimum absolute atomic E-state index is 0.257. The number of nitrogens with zero attached hydrogens (tertiary/aromatic N) is 4. The molecule has 2 heterocycles. The molecule has 0 atom stereocenters. The maximum Gasteiger partial charge on any atom is 0.358 e. The van der Waals surface area contributed by atoms with Gasteiger partial charge in [-0.05, 0) is 26.0 Å². The Hall–Kier alpha value is -1.98. The lowest BCUT2D eigenvalue weighted by Gasteiger charge is -2.00. The van der Waals surface area contributed by atoms with E-state index in [0.29, 0.717) is 18.1 Å². The fourth-order valence-electron chi connectivity index (χ4n) is 1.21. The Morgan fingerprint density at radius 3 is 3.00 bits per heavy atom. The molecule has 0 spiro atoms. The Morgan fingerprint density at radius 2 is 2.27 bits per heavy atom. The van der Waals surface area contributed by atoms with Gasteiger partial charge in [-0.1, -0.05) is 0 Å². The number of carbonyl (C=O) groups excluding carboxylic acids is 1. The van der Waals surface area contributed by atoms with Crippen LogP contribution in [0.15, 0.2) is 12.1 Å². The molecule has 0 aromatic carbocycles. The third kappa shape index (κ3) is 1.65. The predicted molar refractivity (Wildman–Crippen MR) is 51.5 cm³/mol. The summed E-state index contributed by atoms with van der Waals surface area (Å²) in [7, 11) is 0. The van der Waals surface area contributed by atoms with Crippen molar-refractivity contribution >= 4 is 11.6 Å². The van der Waals surface area contributed by atoms with E-state index in [1.54, 1.807) is 26.0 Å². The molecule has 0 unspecified atom stereocenters. The zero-order valence-corrected chi connectivity index (χ0v) is 8.47. The maximum atomic E-state index is 11.4. The van der Waals surface area contributed by atoms with Crippen molar-refractivity contribution < 1.29 is 9.53 Å². The normalized spacial score (nSPS) is 10.5. The molecule has 2 rings (SSSR count). The second-order valence-corrected chi connectivity index (χ2v) is 2.96. The Bertz CT molecular complexity index is 506. The van der Waals surface area contributed by atoms with Crippen molar-refractivity contribution in [3.63, 3.8) is 0 Å². The van der Waals surface area contributed by atoms with Crippen LogP contribution in [0.2, 0.25) is 0 Å². The highest BCUT2D eigenvalue weighted by Gasteiger charge is 2.10. The first-order valence-electron chi connectivity index (χ1n) is 4.58. The third-order valence-corrected chi connectivity index (χ3v) is 1.90. The number of rotatable bonds is 2.